The molecule has 10 heteroatoms. The fourth-order valence-electron chi connectivity index (χ4n) is 3.67. The van der Waals surface area contributed by atoms with Crippen LogP contribution in [0, 0.1) is 11.7 Å². The number of ether oxygens (including phenoxy) is 2. The van der Waals surface area contributed by atoms with Crippen molar-refractivity contribution in [1.82, 2.24) is 14.9 Å². The number of nitrogens with zero attached hydrogens (tertiary/aromatic N) is 3. The molecule has 1 aliphatic heterocycles. The van der Waals surface area contributed by atoms with Gasteiger partial charge in [-0.05, 0) is 24.6 Å². The second-order valence-corrected chi connectivity index (χ2v) is 7.84. The fraction of sp³-hybridized carbons (Fsp3) is 0.318. The van der Waals surface area contributed by atoms with E-state index in [1.807, 2.05) is 0 Å². The normalized spacial score (nSPS) is 15.8. The number of rotatable bonds is 7. The minimum atomic E-state index is -0.575. The van der Waals surface area contributed by atoms with Gasteiger partial charge >= 0.3 is 0 Å². The van der Waals surface area contributed by atoms with Gasteiger partial charge in [-0.3, -0.25) is 4.79 Å². The lowest BCUT2D eigenvalue weighted by atomic mass is 10.1. The number of aliphatic hydroxyl groups is 1. The van der Waals surface area contributed by atoms with Crippen molar-refractivity contribution in [3.63, 3.8) is 0 Å². The summed E-state index contributed by atoms with van der Waals surface area (Å²) in [6, 6.07) is 8.14. The maximum Gasteiger partial charge on any atom is 0.248 e. The van der Waals surface area contributed by atoms with Gasteiger partial charge in [-0.25, -0.2) is 14.4 Å². The van der Waals surface area contributed by atoms with Gasteiger partial charge in [0.15, 0.2) is 17.3 Å². The lowest BCUT2D eigenvalue weighted by Crippen LogP contribution is -2.31. The average molecular weight is 461 g/mol. The first kappa shape index (κ1) is 22.0. The number of benzene rings is 2. The molecule has 1 aliphatic rings. The molecule has 0 bridgehead atoms. The van der Waals surface area contributed by atoms with E-state index in [0.29, 0.717) is 47.9 Å². The fourth-order valence-corrected chi connectivity index (χ4v) is 3.84. The van der Waals surface area contributed by atoms with E-state index >= 15 is 0 Å². The van der Waals surface area contributed by atoms with Gasteiger partial charge in [-0.1, -0.05) is 17.7 Å². The Balaban J connectivity index is 1.58. The number of amides is 1. The van der Waals surface area contributed by atoms with E-state index in [9.17, 15) is 9.18 Å². The maximum absolute atomic E-state index is 14.4. The number of fused-ring (bicyclic) bond motifs is 1. The van der Waals surface area contributed by atoms with Gasteiger partial charge in [0.25, 0.3) is 0 Å². The van der Waals surface area contributed by atoms with Crippen molar-refractivity contribution in [1.29, 1.82) is 0 Å². The van der Waals surface area contributed by atoms with E-state index in [0.717, 1.165) is 6.42 Å². The molecular formula is C22H22ClFN4O4. The molecule has 2 aromatic carbocycles. The van der Waals surface area contributed by atoms with Gasteiger partial charge in [0.1, 0.15) is 18.8 Å². The Morgan fingerprint density at radius 1 is 1.34 bits per heavy atom. The Bertz CT molecular complexity index is 1150. The number of aromatic nitrogens is 2. The summed E-state index contributed by atoms with van der Waals surface area (Å²) in [6.07, 6.45) is 2.16. The number of methoxy groups -OCH3 is 1. The molecule has 168 valence electrons. The molecule has 1 atom stereocenters. The number of carbonyl (C=O) groups is 1. The standard InChI is InChI=1S/C22H22ClFN4O4/c1-31-18-8-17-14(7-19(18)32-11-13-5-6-28(9-13)20(30)10-29)22(26-12-25-17)27-16-4-2-3-15(23)21(16)24/h2-4,7-8,12-13,29H,5-6,9-11H2,1H3,(H,25,26,27)/t13-/m1/s1. The molecule has 1 fully saturated rings. The topological polar surface area (TPSA) is 96.8 Å². The Hall–Kier alpha value is -3.17. The first-order valence-electron chi connectivity index (χ1n) is 10.1. The lowest BCUT2D eigenvalue weighted by molar-refractivity contribution is -0.133. The SMILES string of the molecule is COc1cc2ncnc(Nc3cccc(Cl)c3F)c2cc1OC[C@@H]1CCN(C(=O)CO)C1. The lowest BCUT2D eigenvalue weighted by Gasteiger charge is -2.17. The summed E-state index contributed by atoms with van der Waals surface area (Å²) in [5.41, 5.74) is 0.783. The molecule has 0 aliphatic carbocycles. The summed E-state index contributed by atoms with van der Waals surface area (Å²) in [5.74, 6) is 0.653. The molecule has 2 heterocycles. The number of aliphatic hydroxyl groups excluding tert-OH is 1. The van der Waals surface area contributed by atoms with Crippen LogP contribution < -0.4 is 14.8 Å². The van der Waals surface area contributed by atoms with Gasteiger partial charge in [-0.15, -0.1) is 0 Å². The van der Waals surface area contributed by atoms with Crippen molar-refractivity contribution >= 4 is 39.9 Å². The highest BCUT2D eigenvalue weighted by Gasteiger charge is 2.26. The number of anilines is 2. The molecule has 0 unspecified atom stereocenters. The monoisotopic (exact) mass is 460 g/mol. The zero-order valence-corrected chi connectivity index (χ0v) is 18.1. The van der Waals surface area contributed by atoms with Gasteiger partial charge in [0.05, 0.1) is 29.9 Å². The third-order valence-electron chi connectivity index (χ3n) is 5.37. The Kier molecular flexibility index (Phi) is 6.57. The quantitative estimate of drug-likeness (QED) is 0.557. The minimum absolute atomic E-state index is 0.00402. The van der Waals surface area contributed by atoms with Crippen LogP contribution in [-0.4, -0.2) is 59.3 Å². The zero-order chi connectivity index (χ0) is 22.7. The minimum Gasteiger partial charge on any atom is -0.493 e. The van der Waals surface area contributed by atoms with Gasteiger partial charge in [0, 0.05) is 30.5 Å². The van der Waals surface area contributed by atoms with Crippen molar-refractivity contribution in [3.05, 3.63) is 47.5 Å². The van der Waals surface area contributed by atoms with Crippen LogP contribution >= 0.6 is 11.6 Å². The van der Waals surface area contributed by atoms with Gasteiger partial charge in [-0.2, -0.15) is 0 Å². The molecule has 0 spiro atoms. The van der Waals surface area contributed by atoms with E-state index in [4.69, 9.17) is 26.2 Å². The molecule has 0 radical (unpaired) electrons. The predicted molar refractivity (Wildman–Crippen MR) is 118 cm³/mol. The highest BCUT2D eigenvalue weighted by Crippen LogP contribution is 2.36. The third-order valence-corrected chi connectivity index (χ3v) is 5.67. The Morgan fingerprint density at radius 2 is 2.19 bits per heavy atom. The molecule has 0 saturated carbocycles. The third kappa shape index (κ3) is 4.53. The van der Waals surface area contributed by atoms with Crippen LogP contribution in [0.3, 0.4) is 0 Å². The van der Waals surface area contributed by atoms with Crippen LogP contribution in [0.15, 0.2) is 36.7 Å². The first-order valence-corrected chi connectivity index (χ1v) is 10.4. The van der Waals surface area contributed by atoms with Crippen LogP contribution in [-0.2, 0) is 4.79 Å². The van der Waals surface area contributed by atoms with Crippen molar-refractivity contribution < 1.29 is 23.8 Å². The second kappa shape index (κ2) is 9.54. The van der Waals surface area contributed by atoms with E-state index in [-0.39, 0.29) is 22.5 Å². The van der Waals surface area contributed by atoms with Crippen molar-refractivity contribution in [2.75, 3.05) is 38.7 Å². The average Bonchev–Trinajstić information content (AvgIpc) is 3.29. The summed E-state index contributed by atoms with van der Waals surface area (Å²) in [4.78, 5) is 21.8. The summed E-state index contributed by atoms with van der Waals surface area (Å²) in [5, 5.41) is 12.6. The van der Waals surface area contributed by atoms with E-state index < -0.39 is 12.4 Å². The Labute approximate surface area is 188 Å². The molecular weight excluding hydrogens is 439 g/mol. The summed E-state index contributed by atoms with van der Waals surface area (Å²) in [7, 11) is 1.53. The molecule has 32 heavy (non-hydrogen) atoms. The first-order chi connectivity index (χ1) is 15.5. The van der Waals surface area contributed by atoms with Gasteiger partial charge < -0.3 is 24.8 Å². The predicted octanol–water partition coefficient (Wildman–Crippen LogP) is 3.39. The number of carbonyl (C=O) groups excluding carboxylic acids is 1. The van der Waals surface area contributed by atoms with Crippen molar-refractivity contribution in [2.24, 2.45) is 5.92 Å². The molecule has 2 N–H and O–H groups in total. The largest absolute Gasteiger partial charge is 0.493 e. The van der Waals surface area contributed by atoms with Crippen LogP contribution in [0.1, 0.15) is 6.42 Å². The maximum atomic E-state index is 14.4. The molecule has 1 aromatic heterocycles. The van der Waals surface area contributed by atoms with Crippen LogP contribution in [0.5, 0.6) is 11.5 Å². The molecule has 3 aromatic rings. The number of hydrogen-bond donors (Lipinski definition) is 2. The zero-order valence-electron chi connectivity index (χ0n) is 17.3. The highest BCUT2D eigenvalue weighted by atomic mass is 35.5. The van der Waals surface area contributed by atoms with Crippen molar-refractivity contribution in [3.8, 4) is 11.5 Å². The van der Waals surface area contributed by atoms with Crippen LogP contribution in [0.4, 0.5) is 15.9 Å². The summed E-state index contributed by atoms with van der Waals surface area (Å²) >= 11 is 5.88. The Morgan fingerprint density at radius 3 is 2.97 bits per heavy atom. The van der Waals surface area contributed by atoms with E-state index in [1.165, 1.54) is 19.5 Å². The smallest absolute Gasteiger partial charge is 0.248 e. The van der Waals surface area contributed by atoms with Gasteiger partial charge in [0.2, 0.25) is 5.91 Å². The molecule has 8 nitrogen and oxygen atoms in total. The number of halogens is 2. The second-order valence-electron chi connectivity index (χ2n) is 7.43. The van der Waals surface area contributed by atoms with Crippen LogP contribution in [0.2, 0.25) is 5.02 Å². The van der Waals surface area contributed by atoms with E-state index in [2.05, 4.69) is 15.3 Å². The number of hydrogen-bond acceptors (Lipinski definition) is 7. The molecule has 4 rings (SSSR count). The summed E-state index contributed by atoms with van der Waals surface area (Å²) < 4.78 is 25.9. The summed E-state index contributed by atoms with van der Waals surface area (Å²) in [6.45, 7) is 1.00. The molecule has 1 saturated heterocycles. The van der Waals surface area contributed by atoms with Crippen LogP contribution in [0.25, 0.3) is 10.9 Å². The van der Waals surface area contributed by atoms with E-state index in [1.54, 1.807) is 29.2 Å². The number of likely N-dealkylation sites (tertiary alicyclic amines) is 1. The molecule has 1 amide bonds. The highest BCUT2D eigenvalue weighted by molar-refractivity contribution is 6.31. The van der Waals surface area contributed by atoms with Crippen molar-refractivity contribution in [2.45, 2.75) is 6.42 Å². The number of nitrogens with one attached hydrogen (secondary N) is 1.